The molecule has 0 atom stereocenters. The Morgan fingerprint density at radius 2 is 2.53 bits per heavy atom. The van der Waals surface area contributed by atoms with Gasteiger partial charge in [0.25, 0.3) is 0 Å². The van der Waals surface area contributed by atoms with E-state index in [1.807, 2.05) is 11.7 Å². The molecule has 0 aromatic carbocycles. The van der Waals surface area contributed by atoms with Gasteiger partial charge in [0, 0.05) is 13.0 Å². The molecule has 1 heterocycles. The topological polar surface area (TPSA) is 46.9 Å². The highest BCUT2D eigenvalue weighted by molar-refractivity contribution is 5.86. The number of aromatic nitrogens is 2. The molecule has 0 bridgehead atoms. The first-order chi connectivity index (χ1) is 7.20. The molecule has 1 N–H and O–H groups in total. The SMILES string of the molecule is C=CC(=O)NCc1cc(C2CC2)nn1C. The van der Waals surface area contributed by atoms with Gasteiger partial charge in [-0.1, -0.05) is 6.58 Å². The Kier molecular flexibility index (Phi) is 2.58. The van der Waals surface area contributed by atoms with Gasteiger partial charge in [0.2, 0.25) is 5.91 Å². The summed E-state index contributed by atoms with van der Waals surface area (Å²) in [6.45, 7) is 3.92. The normalized spacial score (nSPS) is 15.0. The van der Waals surface area contributed by atoms with E-state index in [9.17, 15) is 4.79 Å². The fourth-order valence-corrected chi connectivity index (χ4v) is 1.52. The second kappa shape index (κ2) is 3.88. The molecule has 0 unspecified atom stereocenters. The molecule has 1 aliphatic carbocycles. The Bertz CT molecular complexity index is 391. The average Bonchev–Trinajstić information content (AvgIpc) is 3.00. The lowest BCUT2D eigenvalue weighted by atomic mass is 10.2. The summed E-state index contributed by atoms with van der Waals surface area (Å²) < 4.78 is 1.83. The lowest BCUT2D eigenvalue weighted by Gasteiger charge is -2.01. The molecule has 0 aliphatic heterocycles. The number of nitrogens with zero attached hydrogens (tertiary/aromatic N) is 2. The highest BCUT2D eigenvalue weighted by Crippen LogP contribution is 2.39. The van der Waals surface area contributed by atoms with Gasteiger partial charge in [0.1, 0.15) is 0 Å². The van der Waals surface area contributed by atoms with Crippen molar-refractivity contribution in [2.75, 3.05) is 0 Å². The van der Waals surface area contributed by atoms with Crippen LogP contribution >= 0.6 is 0 Å². The summed E-state index contributed by atoms with van der Waals surface area (Å²) in [5.74, 6) is 0.504. The predicted octanol–water partition coefficient (Wildman–Crippen LogP) is 1.10. The number of hydrogen-bond donors (Lipinski definition) is 1. The fourth-order valence-electron chi connectivity index (χ4n) is 1.52. The van der Waals surface area contributed by atoms with Crippen molar-refractivity contribution in [1.29, 1.82) is 0 Å². The van der Waals surface area contributed by atoms with Gasteiger partial charge in [0.15, 0.2) is 0 Å². The van der Waals surface area contributed by atoms with Crippen LogP contribution in [0.1, 0.15) is 30.1 Å². The maximum atomic E-state index is 11.0. The van der Waals surface area contributed by atoms with Gasteiger partial charge in [-0.25, -0.2) is 0 Å². The summed E-state index contributed by atoms with van der Waals surface area (Å²) in [4.78, 5) is 11.0. The number of carbonyl (C=O) groups is 1. The summed E-state index contributed by atoms with van der Waals surface area (Å²) in [7, 11) is 1.90. The van der Waals surface area contributed by atoms with E-state index in [-0.39, 0.29) is 5.91 Å². The summed E-state index contributed by atoms with van der Waals surface area (Å²) in [5, 5.41) is 7.16. The zero-order valence-corrected chi connectivity index (χ0v) is 8.86. The van der Waals surface area contributed by atoms with Crippen molar-refractivity contribution in [2.45, 2.75) is 25.3 Å². The minimum atomic E-state index is -0.149. The second-order valence-corrected chi connectivity index (χ2v) is 3.88. The van der Waals surface area contributed by atoms with E-state index in [2.05, 4.69) is 23.1 Å². The third kappa shape index (κ3) is 2.26. The van der Waals surface area contributed by atoms with E-state index < -0.39 is 0 Å². The molecule has 1 saturated carbocycles. The predicted molar refractivity (Wildman–Crippen MR) is 57.2 cm³/mol. The Morgan fingerprint density at radius 3 is 3.13 bits per heavy atom. The molecule has 4 nitrogen and oxygen atoms in total. The molecule has 15 heavy (non-hydrogen) atoms. The zero-order chi connectivity index (χ0) is 10.8. The van der Waals surface area contributed by atoms with Crippen LogP contribution in [-0.4, -0.2) is 15.7 Å². The minimum Gasteiger partial charge on any atom is -0.347 e. The quantitative estimate of drug-likeness (QED) is 0.748. The largest absolute Gasteiger partial charge is 0.347 e. The molecular weight excluding hydrogens is 190 g/mol. The maximum Gasteiger partial charge on any atom is 0.243 e. The first-order valence-electron chi connectivity index (χ1n) is 5.14. The van der Waals surface area contributed by atoms with Gasteiger partial charge in [0.05, 0.1) is 17.9 Å². The van der Waals surface area contributed by atoms with Crippen molar-refractivity contribution in [2.24, 2.45) is 7.05 Å². The molecular formula is C11H15N3O. The molecule has 80 valence electrons. The average molecular weight is 205 g/mol. The van der Waals surface area contributed by atoms with Crippen LogP contribution in [0.2, 0.25) is 0 Å². The van der Waals surface area contributed by atoms with E-state index in [1.54, 1.807) is 0 Å². The van der Waals surface area contributed by atoms with Crippen LogP contribution in [-0.2, 0) is 18.4 Å². The third-order valence-electron chi connectivity index (χ3n) is 2.62. The van der Waals surface area contributed by atoms with Crippen LogP contribution in [0.15, 0.2) is 18.7 Å². The molecule has 0 radical (unpaired) electrons. The van der Waals surface area contributed by atoms with Crippen LogP contribution < -0.4 is 5.32 Å². The maximum absolute atomic E-state index is 11.0. The monoisotopic (exact) mass is 205 g/mol. The molecule has 1 aromatic heterocycles. The van der Waals surface area contributed by atoms with Gasteiger partial charge in [-0.15, -0.1) is 0 Å². The summed E-state index contributed by atoms with van der Waals surface area (Å²) in [5.41, 5.74) is 2.19. The molecule has 0 saturated heterocycles. The van der Waals surface area contributed by atoms with Crippen LogP contribution in [0, 0.1) is 0 Å². The Hall–Kier alpha value is -1.58. The Morgan fingerprint density at radius 1 is 1.80 bits per heavy atom. The molecule has 1 aliphatic rings. The second-order valence-electron chi connectivity index (χ2n) is 3.88. The molecule has 1 aromatic rings. The minimum absolute atomic E-state index is 0.149. The zero-order valence-electron chi connectivity index (χ0n) is 8.86. The van der Waals surface area contributed by atoms with E-state index in [1.165, 1.54) is 18.9 Å². The smallest absolute Gasteiger partial charge is 0.243 e. The Labute approximate surface area is 89.0 Å². The molecule has 4 heteroatoms. The number of rotatable bonds is 4. The van der Waals surface area contributed by atoms with Gasteiger partial charge in [-0.2, -0.15) is 5.10 Å². The van der Waals surface area contributed by atoms with Crippen LogP contribution in [0.25, 0.3) is 0 Å². The van der Waals surface area contributed by atoms with Crippen LogP contribution in [0.4, 0.5) is 0 Å². The highest BCUT2D eigenvalue weighted by atomic mass is 16.1. The summed E-state index contributed by atoms with van der Waals surface area (Å²) >= 11 is 0. The van der Waals surface area contributed by atoms with Crippen LogP contribution in [0.3, 0.4) is 0 Å². The van der Waals surface area contributed by atoms with Gasteiger partial charge < -0.3 is 5.32 Å². The van der Waals surface area contributed by atoms with Crippen molar-refractivity contribution in [3.05, 3.63) is 30.1 Å². The van der Waals surface area contributed by atoms with Crippen molar-refractivity contribution in [3.8, 4) is 0 Å². The van der Waals surface area contributed by atoms with E-state index in [4.69, 9.17) is 0 Å². The number of amides is 1. The first kappa shape index (κ1) is 9.96. The fraction of sp³-hybridized carbons (Fsp3) is 0.455. The number of nitrogens with one attached hydrogen (secondary N) is 1. The number of carbonyl (C=O) groups excluding carboxylic acids is 1. The van der Waals surface area contributed by atoms with Crippen molar-refractivity contribution < 1.29 is 4.79 Å². The van der Waals surface area contributed by atoms with Crippen molar-refractivity contribution in [1.82, 2.24) is 15.1 Å². The van der Waals surface area contributed by atoms with E-state index in [0.29, 0.717) is 12.5 Å². The summed E-state index contributed by atoms with van der Waals surface area (Å²) in [6, 6.07) is 2.07. The Balaban J connectivity index is 2.00. The lowest BCUT2D eigenvalue weighted by molar-refractivity contribution is -0.116. The molecule has 2 rings (SSSR count). The van der Waals surface area contributed by atoms with Gasteiger partial charge >= 0.3 is 0 Å². The standard InChI is InChI=1S/C11H15N3O/c1-3-11(15)12-7-9-6-10(8-4-5-8)13-14(9)2/h3,6,8H,1,4-5,7H2,2H3,(H,12,15). The van der Waals surface area contributed by atoms with Crippen molar-refractivity contribution >= 4 is 5.91 Å². The van der Waals surface area contributed by atoms with Crippen molar-refractivity contribution in [3.63, 3.8) is 0 Å². The van der Waals surface area contributed by atoms with E-state index in [0.717, 1.165) is 11.4 Å². The van der Waals surface area contributed by atoms with Gasteiger partial charge in [-0.05, 0) is 25.0 Å². The third-order valence-corrected chi connectivity index (χ3v) is 2.62. The summed E-state index contributed by atoms with van der Waals surface area (Å²) in [6.07, 6.45) is 3.77. The molecule has 1 amide bonds. The first-order valence-corrected chi connectivity index (χ1v) is 5.14. The lowest BCUT2D eigenvalue weighted by Crippen LogP contribution is -2.21. The number of aryl methyl sites for hydroxylation is 1. The molecule has 0 spiro atoms. The van der Waals surface area contributed by atoms with E-state index >= 15 is 0 Å². The van der Waals surface area contributed by atoms with Crippen LogP contribution in [0.5, 0.6) is 0 Å². The number of hydrogen-bond acceptors (Lipinski definition) is 2. The van der Waals surface area contributed by atoms with Gasteiger partial charge in [-0.3, -0.25) is 9.48 Å². The molecule has 1 fully saturated rings. The highest BCUT2D eigenvalue weighted by Gasteiger charge is 2.26.